The molecule has 0 amide bonds. The predicted molar refractivity (Wildman–Crippen MR) is 35.7 cm³/mol. The predicted octanol–water partition coefficient (Wildman–Crippen LogP) is -0.344. The van der Waals surface area contributed by atoms with E-state index in [1.165, 1.54) is 0 Å². The van der Waals surface area contributed by atoms with Crippen LogP contribution in [0.3, 0.4) is 0 Å². The SMILES string of the molecule is COC1CN(C)[CH]CN1. The van der Waals surface area contributed by atoms with E-state index in [2.05, 4.69) is 16.8 Å². The van der Waals surface area contributed by atoms with E-state index in [0.29, 0.717) is 0 Å². The Morgan fingerprint density at radius 3 is 3.00 bits per heavy atom. The van der Waals surface area contributed by atoms with Crippen LogP contribution in [0.4, 0.5) is 0 Å². The van der Waals surface area contributed by atoms with Crippen LogP contribution in [-0.2, 0) is 4.74 Å². The number of nitrogens with zero attached hydrogens (tertiary/aromatic N) is 1. The molecule has 1 aliphatic rings. The molecule has 0 saturated carbocycles. The van der Waals surface area contributed by atoms with Crippen LogP contribution in [0.15, 0.2) is 0 Å². The Kier molecular flexibility index (Phi) is 2.45. The van der Waals surface area contributed by atoms with Crippen LogP contribution < -0.4 is 5.32 Å². The van der Waals surface area contributed by atoms with Gasteiger partial charge < -0.3 is 4.74 Å². The first-order valence-corrected chi connectivity index (χ1v) is 3.12. The fourth-order valence-corrected chi connectivity index (χ4v) is 0.899. The molecule has 1 fully saturated rings. The quantitative estimate of drug-likeness (QED) is 0.524. The minimum atomic E-state index is 0.208. The fourth-order valence-electron chi connectivity index (χ4n) is 0.899. The maximum Gasteiger partial charge on any atom is 0.120 e. The lowest BCUT2D eigenvalue weighted by atomic mass is 10.4. The maximum atomic E-state index is 5.09. The summed E-state index contributed by atoms with van der Waals surface area (Å²) in [7, 11) is 3.77. The number of nitrogens with one attached hydrogen (secondary N) is 1. The van der Waals surface area contributed by atoms with Crippen LogP contribution in [0.1, 0.15) is 0 Å². The summed E-state index contributed by atoms with van der Waals surface area (Å²) in [5.41, 5.74) is 0. The Hall–Kier alpha value is -0.120. The Labute approximate surface area is 56.0 Å². The monoisotopic (exact) mass is 129 g/mol. The van der Waals surface area contributed by atoms with Crippen molar-refractivity contribution in [3.63, 3.8) is 0 Å². The molecule has 3 heteroatoms. The molecule has 0 aromatic carbocycles. The van der Waals surface area contributed by atoms with Gasteiger partial charge in [0.05, 0.1) is 0 Å². The van der Waals surface area contributed by atoms with E-state index in [4.69, 9.17) is 4.74 Å². The summed E-state index contributed by atoms with van der Waals surface area (Å²) >= 11 is 0. The molecular formula is C6H13N2O. The lowest BCUT2D eigenvalue weighted by molar-refractivity contribution is 0.0367. The standard InChI is InChI=1S/C6H13N2O/c1-8-4-3-7-6(5-8)9-2/h4,6-7H,3,5H2,1-2H3. The van der Waals surface area contributed by atoms with Gasteiger partial charge in [0.2, 0.25) is 0 Å². The third-order valence-corrected chi connectivity index (χ3v) is 1.49. The molecule has 0 spiro atoms. The van der Waals surface area contributed by atoms with Gasteiger partial charge in [-0.2, -0.15) is 0 Å². The zero-order chi connectivity index (χ0) is 6.69. The minimum absolute atomic E-state index is 0.208. The number of likely N-dealkylation sites (N-methyl/N-ethyl adjacent to an activating group) is 1. The summed E-state index contributed by atoms with van der Waals surface area (Å²) in [4.78, 5) is 2.13. The number of rotatable bonds is 1. The van der Waals surface area contributed by atoms with Crippen molar-refractivity contribution < 1.29 is 4.74 Å². The van der Waals surface area contributed by atoms with Crippen LogP contribution in [0.2, 0.25) is 0 Å². The van der Waals surface area contributed by atoms with E-state index in [1.807, 2.05) is 7.05 Å². The van der Waals surface area contributed by atoms with Gasteiger partial charge in [0.1, 0.15) is 6.23 Å². The molecule has 9 heavy (non-hydrogen) atoms. The summed E-state index contributed by atoms with van der Waals surface area (Å²) in [5, 5.41) is 3.18. The highest BCUT2D eigenvalue weighted by atomic mass is 16.5. The van der Waals surface area contributed by atoms with Gasteiger partial charge in [-0.3, -0.25) is 10.2 Å². The third kappa shape index (κ3) is 1.93. The van der Waals surface area contributed by atoms with Gasteiger partial charge in [-0.1, -0.05) is 0 Å². The normalized spacial score (nSPS) is 30.7. The van der Waals surface area contributed by atoms with Crippen molar-refractivity contribution in [1.82, 2.24) is 10.2 Å². The topological polar surface area (TPSA) is 24.5 Å². The van der Waals surface area contributed by atoms with Gasteiger partial charge in [0.25, 0.3) is 0 Å². The van der Waals surface area contributed by atoms with E-state index >= 15 is 0 Å². The zero-order valence-electron chi connectivity index (χ0n) is 5.92. The van der Waals surface area contributed by atoms with Crippen molar-refractivity contribution in [1.29, 1.82) is 0 Å². The van der Waals surface area contributed by atoms with E-state index in [1.54, 1.807) is 7.11 Å². The molecular weight excluding hydrogens is 116 g/mol. The Bertz CT molecular complexity index is 87.1. The van der Waals surface area contributed by atoms with Gasteiger partial charge >= 0.3 is 0 Å². The fraction of sp³-hybridized carbons (Fsp3) is 0.833. The molecule has 1 rings (SSSR count). The molecule has 0 aliphatic carbocycles. The number of methoxy groups -OCH3 is 1. The molecule has 1 aliphatic heterocycles. The van der Waals surface area contributed by atoms with Gasteiger partial charge in [0, 0.05) is 26.7 Å². The first-order chi connectivity index (χ1) is 4.33. The van der Waals surface area contributed by atoms with Crippen molar-refractivity contribution >= 4 is 0 Å². The van der Waals surface area contributed by atoms with E-state index in [9.17, 15) is 0 Å². The molecule has 1 saturated heterocycles. The molecule has 1 unspecified atom stereocenters. The number of hydrogen-bond donors (Lipinski definition) is 1. The highest BCUT2D eigenvalue weighted by Crippen LogP contribution is 1.98. The first-order valence-electron chi connectivity index (χ1n) is 3.12. The van der Waals surface area contributed by atoms with E-state index in [-0.39, 0.29) is 6.23 Å². The Morgan fingerprint density at radius 2 is 2.56 bits per heavy atom. The summed E-state index contributed by atoms with van der Waals surface area (Å²) in [6.45, 7) is 3.96. The number of hydrogen-bond acceptors (Lipinski definition) is 3. The van der Waals surface area contributed by atoms with Crippen molar-refractivity contribution in [2.45, 2.75) is 6.23 Å². The molecule has 0 aromatic heterocycles. The molecule has 1 heterocycles. The lowest BCUT2D eigenvalue weighted by Gasteiger charge is -2.29. The van der Waals surface area contributed by atoms with Gasteiger partial charge in [-0.05, 0) is 7.05 Å². The first kappa shape index (κ1) is 6.99. The van der Waals surface area contributed by atoms with Gasteiger partial charge in [0.15, 0.2) is 0 Å². The molecule has 0 bridgehead atoms. The van der Waals surface area contributed by atoms with Crippen LogP contribution in [-0.4, -0.2) is 38.4 Å². The second-order valence-corrected chi connectivity index (χ2v) is 2.25. The van der Waals surface area contributed by atoms with Crippen molar-refractivity contribution in [3.8, 4) is 0 Å². The van der Waals surface area contributed by atoms with E-state index in [0.717, 1.165) is 13.1 Å². The summed E-state index contributed by atoms with van der Waals surface area (Å²) in [6, 6.07) is 0. The third-order valence-electron chi connectivity index (χ3n) is 1.49. The average Bonchev–Trinajstić information content (AvgIpc) is 1.88. The maximum absolute atomic E-state index is 5.09. The van der Waals surface area contributed by atoms with Crippen molar-refractivity contribution in [3.05, 3.63) is 6.54 Å². The van der Waals surface area contributed by atoms with Crippen LogP contribution >= 0.6 is 0 Å². The highest BCUT2D eigenvalue weighted by Gasteiger charge is 2.14. The summed E-state index contributed by atoms with van der Waals surface area (Å²) in [5.74, 6) is 0. The molecule has 1 radical (unpaired) electrons. The van der Waals surface area contributed by atoms with Crippen LogP contribution in [0, 0.1) is 6.54 Å². The number of piperazine rings is 1. The molecule has 0 aromatic rings. The van der Waals surface area contributed by atoms with Crippen molar-refractivity contribution in [2.24, 2.45) is 0 Å². The van der Waals surface area contributed by atoms with Crippen molar-refractivity contribution in [2.75, 3.05) is 27.2 Å². The molecule has 1 atom stereocenters. The van der Waals surface area contributed by atoms with E-state index < -0.39 is 0 Å². The molecule has 3 nitrogen and oxygen atoms in total. The number of ether oxygens (including phenoxy) is 1. The second-order valence-electron chi connectivity index (χ2n) is 2.25. The lowest BCUT2D eigenvalue weighted by Crippen LogP contribution is -2.47. The largest absolute Gasteiger partial charge is 0.365 e. The average molecular weight is 129 g/mol. The zero-order valence-corrected chi connectivity index (χ0v) is 5.92. The van der Waals surface area contributed by atoms with Gasteiger partial charge in [-0.15, -0.1) is 0 Å². The second kappa shape index (κ2) is 3.15. The van der Waals surface area contributed by atoms with Crippen LogP contribution in [0.25, 0.3) is 0 Å². The minimum Gasteiger partial charge on any atom is -0.365 e. The Balaban J connectivity index is 2.23. The highest BCUT2D eigenvalue weighted by molar-refractivity contribution is 4.77. The molecule has 1 N–H and O–H groups in total. The summed E-state index contributed by atoms with van der Waals surface area (Å²) < 4.78 is 5.09. The van der Waals surface area contributed by atoms with Gasteiger partial charge in [-0.25, -0.2) is 0 Å². The Morgan fingerprint density at radius 1 is 1.78 bits per heavy atom. The molecule has 53 valence electrons. The summed E-state index contributed by atoms with van der Waals surface area (Å²) in [6.07, 6.45) is 0.208. The smallest absolute Gasteiger partial charge is 0.120 e. The van der Waals surface area contributed by atoms with Crippen LogP contribution in [0.5, 0.6) is 0 Å².